The van der Waals surface area contributed by atoms with Gasteiger partial charge in [-0.25, -0.2) is 0 Å². The number of ether oxygens (including phenoxy) is 3. The molecule has 6 heteroatoms. The normalized spacial score (nSPS) is 10.8. The van der Waals surface area contributed by atoms with E-state index in [0.717, 1.165) is 11.3 Å². The number of nitrogens with zero attached hydrogens (tertiary/aromatic N) is 2. The van der Waals surface area contributed by atoms with Crippen LogP contribution in [0.15, 0.2) is 24.4 Å². The highest BCUT2D eigenvalue weighted by molar-refractivity contribution is 6.07. The number of rotatable bonds is 6. The number of ketones is 1. The van der Waals surface area contributed by atoms with Crippen LogP contribution in [0.25, 0.3) is 6.08 Å². The summed E-state index contributed by atoms with van der Waals surface area (Å²) < 4.78 is 17.6. The van der Waals surface area contributed by atoms with Crippen LogP contribution in [0.4, 0.5) is 0 Å². The van der Waals surface area contributed by atoms with Gasteiger partial charge >= 0.3 is 0 Å². The van der Waals surface area contributed by atoms with Crippen molar-refractivity contribution in [3.63, 3.8) is 0 Å². The van der Waals surface area contributed by atoms with Crippen LogP contribution in [0.1, 0.15) is 21.6 Å². The Morgan fingerprint density at radius 3 is 2.35 bits per heavy atom. The summed E-state index contributed by atoms with van der Waals surface area (Å²) in [7, 11) is 6.44. The number of benzene rings is 1. The third-order valence-electron chi connectivity index (χ3n) is 3.65. The van der Waals surface area contributed by atoms with Gasteiger partial charge in [-0.2, -0.15) is 5.10 Å². The fourth-order valence-corrected chi connectivity index (χ4v) is 2.25. The number of allylic oxidation sites excluding steroid dienone is 1. The average Bonchev–Trinajstić information content (AvgIpc) is 2.90. The van der Waals surface area contributed by atoms with Gasteiger partial charge in [-0.05, 0) is 31.2 Å². The lowest BCUT2D eigenvalue weighted by Crippen LogP contribution is -1.99. The second-order valence-corrected chi connectivity index (χ2v) is 4.89. The van der Waals surface area contributed by atoms with Gasteiger partial charge in [0, 0.05) is 18.3 Å². The average molecular weight is 316 g/mol. The van der Waals surface area contributed by atoms with Gasteiger partial charge in [-0.15, -0.1) is 0 Å². The van der Waals surface area contributed by atoms with Crippen LogP contribution in [0.2, 0.25) is 0 Å². The molecule has 6 nitrogen and oxygen atoms in total. The summed E-state index contributed by atoms with van der Waals surface area (Å²) in [5.74, 6) is 1.45. The lowest BCUT2D eigenvalue weighted by Gasteiger charge is -2.13. The van der Waals surface area contributed by atoms with Gasteiger partial charge in [0.15, 0.2) is 17.3 Å². The molecular weight excluding hydrogens is 296 g/mol. The van der Waals surface area contributed by atoms with E-state index in [0.29, 0.717) is 22.8 Å². The topological polar surface area (TPSA) is 62.6 Å². The van der Waals surface area contributed by atoms with E-state index in [4.69, 9.17) is 14.2 Å². The SMILES string of the molecule is COc1ccc(/C=C/C(=O)c2cnn(C)c2C)c(OC)c1OC. The fourth-order valence-electron chi connectivity index (χ4n) is 2.25. The van der Waals surface area contributed by atoms with E-state index < -0.39 is 0 Å². The van der Waals surface area contributed by atoms with Crippen LogP contribution >= 0.6 is 0 Å². The minimum absolute atomic E-state index is 0.118. The summed E-state index contributed by atoms with van der Waals surface area (Å²) in [6, 6.07) is 3.57. The molecule has 0 saturated heterocycles. The van der Waals surface area contributed by atoms with E-state index in [1.54, 1.807) is 50.4 Å². The maximum absolute atomic E-state index is 12.3. The lowest BCUT2D eigenvalue weighted by atomic mass is 10.1. The first-order chi connectivity index (χ1) is 11.0. The van der Waals surface area contributed by atoms with E-state index in [2.05, 4.69) is 5.10 Å². The zero-order valence-corrected chi connectivity index (χ0v) is 13.9. The van der Waals surface area contributed by atoms with Crippen molar-refractivity contribution in [2.75, 3.05) is 21.3 Å². The predicted molar refractivity (Wildman–Crippen MR) is 87.4 cm³/mol. The lowest BCUT2D eigenvalue weighted by molar-refractivity contribution is 0.104. The van der Waals surface area contributed by atoms with E-state index in [9.17, 15) is 4.79 Å². The van der Waals surface area contributed by atoms with Crippen molar-refractivity contribution in [1.82, 2.24) is 9.78 Å². The second kappa shape index (κ2) is 7.00. The fraction of sp³-hybridized carbons (Fsp3) is 0.294. The molecule has 2 rings (SSSR count). The van der Waals surface area contributed by atoms with Gasteiger partial charge in [0.1, 0.15) is 0 Å². The van der Waals surface area contributed by atoms with Crippen LogP contribution in [0, 0.1) is 6.92 Å². The molecule has 1 aromatic carbocycles. The number of aromatic nitrogens is 2. The molecule has 0 saturated carbocycles. The van der Waals surface area contributed by atoms with Crippen molar-refractivity contribution in [2.45, 2.75) is 6.92 Å². The molecular formula is C17H20N2O4. The van der Waals surface area contributed by atoms with Gasteiger partial charge in [0.25, 0.3) is 0 Å². The Morgan fingerprint density at radius 1 is 1.13 bits per heavy atom. The van der Waals surface area contributed by atoms with Crippen LogP contribution in [0.5, 0.6) is 17.2 Å². The molecule has 0 spiro atoms. The summed E-state index contributed by atoms with van der Waals surface area (Å²) >= 11 is 0. The summed E-state index contributed by atoms with van der Waals surface area (Å²) in [6.45, 7) is 1.85. The molecule has 0 bridgehead atoms. The quantitative estimate of drug-likeness (QED) is 0.605. The monoisotopic (exact) mass is 316 g/mol. The van der Waals surface area contributed by atoms with E-state index >= 15 is 0 Å². The predicted octanol–water partition coefficient (Wildman–Crippen LogP) is 2.65. The standard InChI is InChI=1S/C17H20N2O4/c1-11-13(10-18-19(11)2)14(20)8-6-12-7-9-15(21-3)17(23-5)16(12)22-4/h6-10H,1-5H3/b8-6+. The molecule has 122 valence electrons. The third-order valence-corrected chi connectivity index (χ3v) is 3.65. The Kier molecular flexibility index (Phi) is 5.05. The number of carbonyl (C=O) groups is 1. The molecule has 0 fully saturated rings. The van der Waals surface area contributed by atoms with Crippen LogP contribution in [-0.4, -0.2) is 36.9 Å². The Morgan fingerprint density at radius 2 is 1.83 bits per heavy atom. The highest BCUT2D eigenvalue weighted by atomic mass is 16.5. The maximum atomic E-state index is 12.3. The Labute approximate surface area is 135 Å². The Bertz CT molecular complexity index is 747. The number of aryl methyl sites for hydroxylation is 1. The number of carbonyl (C=O) groups excluding carboxylic acids is 1. The minimum Gasteiger partial charge on any atom is -0.493 e. The minimum atomic E-state index is -0.118. The first-order valence-corrected chi connectivity index (χ1v) is 7.03. The van der Waals surface area contributed by atoms with Crippen LogP contribution in [-0.2, 0) is 7.05 Å². The first-order valence-electron chi connectivity index (χ1n) is 7.03. The van der Waals surface area contributed by atoms with E-state index in [-0.39, 0.29) is 5.78 Å². The molecule has 1 heterocycles. The van der Waals surface area contributed by atoms with Gasteiger partial charge in [0.05, 0.1) is 33.1 Å². The largest absolute Gasteiger partial charge is 0.493 e. The molecule has 0 atom stereocenters. The highest BCUT2D eigenvalue weighted by Crippen LogP contribution is 2.40. The zero-order valence-electron chi connectivity index (χ0n) is 13.9. The van der Waals surface area contributed by atoms with Crippen molar-refractivity contribution >= 4 is 11.9 Å². The molecule has 0 N–H and O–H groups in total. The number of methoxy groups -OCH3 is 3. The van der Waals surface area contributed by atoms with Gasteiger partial charge in [-0.1, -0.05) is 0 Å². The zero-order chi connectivity index (χ0) is 17.0. The summed E-state index contributed by atoms with van der Waals surface area (Å²) in [6.07, 6.45) is 4.75. The molecule has 0 unspecified atom stereocenters. The van der Waals surface area contributed by atoms with Gasteiger partial charge in [0.2, 0.25) is 5.75 Å². The third kappa shape index (κ3) is 3.21. The van der Waals surface area contributed by atoms with Gasteiger partial charge in [-0.3, -0.25) is 9.48 Å². The summed E-state index contributed by atoms with van der Waals surface area (Å²) in [5, 5.41) is 4.08. The molecule has 0 aliphatic heterocycles. The Balaban J connectivity index is 2.36. The molecule has 0 amide bonds. The van der Waals surface area contributed by atoms with Crippen LogP contribution < -0.4 is 14.2 Å². The molecule has 0 aliphatic carbocycles. The van der Waals surface area contributed by atoms with Crippen molar-refractivity contribution in [3.8, 4) is 17.2 Å². The molecule has 23 heavy (non-hydrogen) atoms. The number of hydrogen-bond donors (Lipinski definition) is 0. The van der Waals surface area contributed by atoms with Crippen molar-refractivity contribution in [2.24, 2.45) is 7.05 Å². The summed E-state index contributed by atoms with van der Waals surface area (Å²) in [5.41, 5.74) is 2.11. The Hall–Kier alpha value is -2.76. The smallest absolute Gasteiger partial charge is 0.203 e. The maximum Gasteiger partial charge on any atom is 0.203 e. The van der Waals surface area contributed by atoms with E-state index in [1.807, 2.05) is 6.92 Å². The van der Waals surface area contributed by atoms with Crippen LogP contribution in [0.3, 0.4) is 0 Å². The molecule has 1 aromatic heterocycles. The first kappa shape index (κ1) is 16.6. The molecule has 0 radical (unpaired) electrons. The van der Waals surface area contributed by atoms with Crippen molar-refractivity contribution in [3.05, 3.63) is 41.2 Å². The highest BCUT2D eigenvalue weighted by Gasteiger charge is 2.15. The van der Waals surface area contributed by atoms with Crippen molar-refractivity contribution in [1.29, 1.82) is 0 Å². The molecule has 0 aliphatic rings. The van der Waals surface area contributed by atoms with E-state index in [1.165, 1.54) is 13.2 Å². The van der Waals surface area contributed by atoms with Gasteiger partial charge < -0.3 is 14.2 Å². The second-order valence-electron chi connectivity index (χ2n) is 4.89. The van der Waals surface area contributed by atoms with Crippen molar-refractivity contribution < 1.29 is 19.0 Å². The summed E-state index contributed by atoms with van der Waals surface area (Å²) in [4.78, 5) is 12.3. The number of hydrogen-bond acceptors (Lipinski definition) is 5. The molecule has 2 aromatic rings.